The number of fused-ring (bicyclic) bond motifs is 1. The Labute approximate surface area is 192 Å². The van der Waals surface area contributed by atoms with Crippen LogP contribution in [0, 0.1) is 24.6 Å². The van der Waals surface area contributed by atoms with Crippen LogP contribution in [0.25, 0.3) is 16.6 Å². The van der Waals surface area contributed by atoms with E-state index >= 15 is 0 Å². The molecule has 1 N–H and O–H groups in total. The molecule has 33 heavy (non-hydrogen) atoms. The van der Waals surface area contributed by atoms with Crippen LogP contribution in [0.2, 0.25) is 0 Å². The first kappa shape index (κ1) is 22.2. The second-order valence-corrected chi connectivity index (χ2v) is 7.87. The van der Waals surface area contributed by atoms with Crippen molar-refractivity contribution in [3.05, 3.63) is 95.4 Å². The summed E-state index contributed by atoms with van der Waals surface area (Å²) in [6.07, 6.45) is 1.95. The number of aryl methyl sites for hydroxylation is 1. The molecule has 4 aromatic rings. The summed E-state index contributed by atoms with van der Waals surface area (Å²) in [5.41, 5.74) is 4.72. The number of rotatable bonds is 7. The Morgan fingerprint density at radius 3 is 2.61 bits per heavy atom. The molecule has 1 unspecified atom stereocenters. The van der Waals surface area contributed by atoms with Gasteiger partial charge < -0.3 is 14.4 Å². The molecule has 1 atom stereocenters. The van der Waals surface area contributed by atoms with Crippen molar-refractivity contribution < 1.29 is 19.0 Å². The van der Waals surface area contributed by atoms with Gasteiger partial charge in [0.2, 0.25) is 0 Å². The Balaban J connectivity index is 1.53. The van der Waals surface area contributed by atoms with E-state index in [9.17, 15) is 9.18 Å². The zero-order valence-corrected chi connectivity index (χ0v) is 18.5. The molecule has 1 heterocycles. The molecule has 0 spiro atoms. The number of aromatic nitrogens is 1. The van der Waals surface area contributed by atoms with Gasteiger partial charge in [-0.25, -0.2) is 4.39 Å². The number of halogens is 1. The fourth-order valence-corrected chi connectivity index (χ4v) is 4.01. The quantitative estimate of drug-likeness (QED) is 0.346. The molecule has 0 aliphatic heterocycles. The number of aliphatic carboxylic acids is 1. The van der Waals surface area contributed by atoms with Gasteiger partial charge in [0, 0.05) is 17.3 Å². The standard InChI is InChI=1S/C28H24FNO3/c1-3-5-21(17-28(31)32)20-8-11-24(12-9-20)33-18-22-6-4-7-27-25(22)14-15-30(27)26-13-10-23(29)16-19(26)2/h4,6-16,21H,17-18H2,1-2H3,(H,31,32). The van der Waals surface area contributed by atoms with Crippen LogP contribution in [0.3, 0.4) is 0 Å². The molecular formula is C28H24FNO3. The molecule has 0 bridgehead atoms. The van der Waals surface area contributed by atoms with Gasteiger partial charge in [-0.05, 0) is 73.0 Å². The van der Waals surface area contributed by atoms with Crippen LogP contribution >= 0.6 is 0 Å². The maximum atomic E-state index is 13.5. The van der Waals surface area contributed by atoms with E-state index in [0.717, 1.165) is 33.3 Å². The summed E-state index contributed by atoms with van der Waals surface area (Å²) in [7, 11) is 0. The minimum atomic E-state index is -0.876. The van der Waals surface area contributed by atoms with Gasteiger partial charge in [0.15, 0.2) is 0 Å². The number of carbonyl (C=O) groups is 1. The zero-order chi connectivity index (χ0) is 23.4. The molecule has 1 aromatic heterocycles. The number of carboxylic acids is 1. The van der Waals surface area contributed by atoms with Crippen molar-refractivity contribution >= 4 is 16.9 Å². The van der Waals surface area contributed by atoms with Crippen molar-refractivity contribution in [1.82, 2.24) is 4.57 Å². The minimum Gasteiger partial charge on any atom is -0.489 e. The van der Waals surface area contributed by atoms with Crippen molar-refractivity contribution in [2.24, 2.45) is 0 Å². The molecular weight excluding hydrogens is 417 g/mol. The Kier molecular flexibility index (Phi) is 6.46. The number of ether oxygens (including phenoxy) is 1. The summed E-state index contributed by atoms with van der Waals surface area (Å²) in [4.78, 5) is 11.1. The van der Waals surface area contributed by atoms with Gasteiger partial charge in [0.25, 0.3) is 0 Å². The summed E-state index contributed by atoms with van der Waals surface area (Å²) in [5.74, 6) is 4.99. The third kappa shape index (κ3) is 4.91. The van der Waals surface area contributed by atoms with Gasteiger partial charge >= 0.3 is 5.97 Å². The third-order valence-corrected chi connectivity index (χ3v) is 5.62. The number of hydrogen-bond acceptors (Lipinski definition) is 2. The summed E-state index contributed by atoms with van der Waals surface area (Å²) in [6.45, 7) is 3.99. The Morgan fingerprint density at radius 1 is 1.12 bits per heavy atom. The molecule has 0 aliphatic carbocycles. The highest BCUT2D eigenvalue weighted by Crippen LogP contribution is 2.27. The predicted octanol–water partition coefficient (Wildman–Crippen LogP) is 6.24. The molecule has 4 rings (SSSR count). The van der Waals surface area contributed by atoms with Gasteiger partial charge in [-0.15, -0.1) is 5.92 Å². The first-order chi connectivity index (χ1) is 16.0. The van der Waals surface area contributed by atoms with Crippen molar-refractivity contribution in [3.63, 3.8) is 0 Å². The van der Waals surface area contributed by atoms with E-state index < -0.39 is 5.97 Å². The van der Waals surface area contributed by atoms with Gasteiger partial charge in [0.1, 0.15) is 18.2 Å². The van der Waals surface area contributed by atoms with Crippen molar-refractivity contribution in [2.75, 3.05) is 0 Å². The summed E-state index contributed by atoms with van der Waals surface area (Å²) in [6, 6.07) is 20.3. The first-order valence-electron chi connectivity index (χ1n) is 10.7. The molecule has 0 saturated carbocycles. The van der Waals surface area contributed by atoms with Crippen LogP contribution in [-0.4, -0.2) is 15.6 Å². The number of benzene rings is 3. The Morgan fingerprint density at radius 2 is 1.91 bits per heavy atom. The lowest BCUT2D eigenvalue weighted by atomic mass is 9.96. The zero-order valence-electron chi connectivity index (χ0n) is 18.5. The predicted molar refractivity (Wildman–Crippen MR) is 127 cm³/mol. The van der Waals surface area contributed by atoms with Gasteiger partial charge in [-0.3, -0.25) is 4.79 Å². The second kappa shape index (κ2) is 9.62. The van der Waals surface area contributed by atoms with Crippen molar-refractivity contribution in [2.45, 2.75) is 32.8 Å². The molecule has 0 saturated heterocycles. The maximum absolute atomic E-state index is 13.5. The fourth-order valence-electron chi connectivity index (χ4n) is 4.01. The minimum absolute atomic E-state index is 0.0342. The van der Waals surface area contributed by atoms with Crippen molar-refractivity contribution in [3.8, 4) is 23.3 Å². The van der Waals surface area contributed by atoms with E-state index in [1.807, 2.05) is 61.7 Å². The highest BCUT2D eigenvalue weighted by Gasteiger charge is 2.14. The average molecular weight is 442 g/mol. The number of hydrogen-bond donors (Lipinski definition) is 1. The van der Waals surface area contributed by atoms with E-state index in [4.69, 9.17) is 9.84 Å². The maximum Gasteiger partial charge on any atom is 0.304 e. The van der Waals surface area contributed by atoms with E-state index in [1.165, 1.54) is 12.1 Å². The normalized spacial score (nSPS) is 11.6. The topological polar surface area (TPSA) is 51.5 Å². The lowest BCUT2D eigenvalue weighted by Crippen LogP contribution is -2.04. The van der Waals surface area contributed by atoms with E-state index in [-0.39, 0.29) is 18.2 Å². The average Bonchev–Trinajstić information content (AvgIpc) is 3.22. The lowest BCUT2D eigenvalue weighted by Gasteiger charge is -2.12. The van der Waals surface area contributed by atoms with Crippen LogP contribution in [0.4, 0.5) is 4.39 Å². The molecule has 166 valence electrons. The SMILES string of the molecule is CC#CC(CC(=O)O)c1ccc(OCc2cccc3c2ccn3-c2ccc(F)cc2C)cc1. The van der Waals surface area contributed by atoms with Crippen LogP contribution in [0.15, 0.2) is 72.9 Å². The Hall–Kier alpha value is -4.04. The number of carboxylic acid groups (broad SMARTS) is 1. The molecule has 3 aromatic carbocycles. The highest BCUT2D eigenvalue weighted by atomic mass is 19.1. The Bertz CT molecular complexity index is 1360. The lowest BCUT2D eigenvalue weighted by molar-refractivity contribution is -0.137. The van der Waals surface area contributed by atoms with Crippen LogP contribution < -0.4 is 4.74 Å². The van der Waals surface area contributed by atoms with E-state index in [1.54, 1.807) is 13.0 Å². The van der Waals surface area contributed by atoms with Gasteiger partial charge in [0.05, 0.1) is 17.9 Å². The molecule has 0 aliphatic rings. The fraction of sp³-hybridized carbons (Fsp3) is 0.179. The summed E-state index contributed by atoms with van der Waals surface area (Å²) < 4.78 is 21.6. The monoisotopic (exact) mass is 441 g/mol. The highest BCUT2D eigenvalue weighted by molar-refractivity contribution is 5.85. The van der Waals surface area contributed by atoms with Crippen LogP contribution in [0.5, 0.6) is 5.75 Å². The molecule has 0 amide bonds. The van der Waals surface area contributed by atoms with E-state index in [0.29, 0.717) is 12.4 Å². The van der Waals surface area contributed by atoms with E-state index in [2.05, 4.69) is 16.4 Å². The number of nitrogens with zero attached hydrogens (tertiary/aromatic N) is 1. The second-order valence-electron chi connectivity index (χ2n) is 7.87. The summed E-state index contributed by atoms with van der Waals surface area (Å²) >= 11 is 0. The largest absolute Gasteiger partial charge is 0.489 e. The third-order valence-electron chi connectivity index (χ3n) is 5.62. The van der Waals surface area contributed by atoms with Gasteiger partial charge in [-0.2, -0.15) is 0 Å². The smallest absolute Gasteiger partial charge is 0.304 e. The first-order valence-corrected chi connectivity index (χ1v) is 10.7. The van der Waals surface area contributed by atoms with Crippen molar-refractivity contribution in [1.29, 1.82) is 0 Å². The molecule has 5 heteroatoms. The molecule has 4 nitrogen and oxygen atoms in total. The van der Waals surface area contributed by atoms with Crippen LogP contribution in [0.1, 0.15) is 36.0 Å². The summed E-state index contributed by atoms with van der Waals surface area (Å²) in [5, 5.41) is 10.2. The van der Waals surface area contributed by atoms with Gasteiger partial charge in [-0.1, -0.05) is 30.2 Å². The molecule has 0 fully saturated rings. The molecule has 0 radical (unpaired) electrons. The van der Waals surface area contributed by atoms with Crippen LogP contribution in [-0.2, 0) is 11.4 Å².